The van der Waals surface area contributed by atoms with E-state index in [2.05, 4.69) is 6.58 Å². The van der Waals surface area contributed by atoms with Gasteiger partial charge in [-0.05, 0) is 19.1 Å². The minimum atomic E-state index is -1.42. The fourth-order valence-corrected chi connectivity index (χ4v) is 1.65. The number of carboxylic acids is 1. The first-order valence-electron chi connectivity index (χ1n) is 6.78. The van der Waals surface area contributed by atoms with Crippen LogP contribution in [0, 0.1) is 0 Å². The van der Waals surface area contributed by atoms with Crippen molar-refractivity contribution in [2.24, 2.45) is 0 Å². The number of hydrogen-bond donors (Lipinski definition) is 2. The van der Waals surface area contributed by atoms with E-state index in [1.165, 1.54) is 31.2 Å². The van der Waals surface area contributed by atoms with Gasteiger partial charge < -0.3 is 19.7 Å². The highest BCUT2D eigenvalue weighted by Gasteiger charge is 2.25. The Morgan fingerprint density at radius 2 is 1.83 bits per heavy atom. The molecule has 0 spiro atoms. The Labute approximate surface area is 133 Å². The van der Waals surface area contributed by atoms with Crippen LogP contribution in [0.15, 0.2) is 36.9 Å². The SMILES string of the molecule is C=CC(=O)OCCC(C)(O)COC(=O)c1ccccc1C(=O)O. The topological polar surface area (TPSA) is 110 Å². The summed E-state index contributed by atoms with van der Waals surface area (Å²) in [4.78, 5) is 33.9. The molecule has 124 valence electrons. The summed E-state index contributed by atoms with van der Waals surface area (Å²) in [6, 6.07) is 5.61. The predicted octanol–water partition coefficient (Wildman–Crippen LogP) is 1.41. The molecule has 0 amide bonds. The van der Waals surface area contributed by atoms with Gasteiger partial charge in [0.05, 0.1) is 23.3 Å². The number of ether oxygens (including phenoxy) is 2. The molecule has 0 saturated heterocycles. The summed E-state index contributed by atoms with van der Waals surface area (Å²) < 4.78 is 9.69. The Kier molecular flexibility index (Phi) is 6.47. The fraction of sp³-hybridized carbons (Fsp3) is 0.312. The van der Waals surface area contributed by atoms with Gasteiger partial charge in [-0.1, -0.05) is 18.7 Å². The van der Waals surface area contributed by atoms with Crippen LogP contribution in [0.3, 0.4) is 0 Å². The van der Waals surface area contributed by atoms with Crippen molar-refractivity contribution in [3.05, 3.63) is 48.0 Å². The van der Waals surface area contributed by atoms with Gasteiger partial charge in [-0.3, -0.25) is 0 Å². The van der Waals surface area contributed by atoms with Gasteiger partial charge in [-0.2, -0.15) is 0 Å². The van der Waals surface area contributed by atoms with Gasteiger partial charge in [-0.15, -0.1) is 0 Å². The normalized spacial score (nSPS) is 12.8. The number of aliphatic hydroxyl groups is 1. The van der Waals surface area contributed by atoms with E-state index in [0.29, 0.717) is 0 Å². The number of benzene rings is 1. The lowest BCUT2D eigenvalue weighted by Gasteiger charge is -2.22. The van der Waals surface area contributed by atoms with E-state index < -0.39 is 23.5 Å². The average Bonchev–Trinajstić information content (AvgIpc) is 2.52. The maximum absolute atomic E-state index is 11.9. The number of carbonyl (C=O) groups is 3. The lowest BCUT2D eigenvalue weighted by Crippen LogP contribution is -2.34. The molecule has 0 aromatic heterocycles. The number of carboxylic acid groups (broad SMARTS) is 1. The molecule has 0 heterocycles. The zero-order valence-electron chi connectivity index (χ0n) is 12.7. The monoisotopic (exact) mass is 322 g/mol. The minimum absolute atomic E-state index is 0.0421. The van der Waals surface area contributed by atoms with Crippen LogP contribution in [-0.4, -0.2) is 46.9 Å². The van der Waals surface area contributed by atoms with Gasteiger partial charge in [0.15, 0.2) is 0 Å². The highest BCUT2D eigenvalue weighted by Crippen LogP contribution is 2.14. The van der Waals surface area contributed by atoms with E-state index >= 15 is 0 Å². The molecule has 7 heteroatoms. The molecule has 1 atom stereocenters. The molecule has 1 aromatic rings. The molecule has 1 unspecified atom stereocenters. The summed E-state index contributed by atoms with van der Waals surface area (Å²) in [6.45, 7) is 4.21. The molecule has 0 radical (unpaired) electrons. The summed E-state index contributed by atoms with van der Waals surface area (Å²) in [7, 11) is 0. The van der Waals surface area contributed by atoms with Crippen LogP contribution >= 0.6 is 0 Å². The highest BCUT2D eigenvalue weighted by atomic mass is 16.5. The minimum Gasteiger partial charge on any atom is -0.478 e. The molecule has 2 N–H and O–H groups in total. The molecule has 1 aromatic carbocycles. The number of esters is 2. The maximum Gasteiger partial charge on any atom is 0.339 e. The quantitative estimate of drug-likeness (QED) is 0.550. The van der Waals surface area contributed by atoms with E-state index in [9.17, 15) is 19.5 Å². The van der Waals surface area contributed by atoms with Gasteiger partial charge in [0.25, 0.3) is 0 Å². The molecule has 0 bridgehead atoms. The second-order valence-corrected chi connectivity index (χ2v) is 5.05. The first-order chi connectivity index (χ1) is 10.8. The Bertz CT molecular complexity index is 604. The van der Waals surface area contributed by atoms with E-state index in [1.54, 1.807) is 0 Å². The van der Waals surface area contributed by atoms with E-state index in [-0.39, 0.29) is 30.8 Å². The number of carbonyl (C=O) groups excluding carboxylic acids is 2. The summed E-state index contributed by atoms with van der Waals surface area (Å²) in [6.07, 6.45) is 1.04. The zero-order valence-corrected chi connectivity index (χ0v) is 12.7. The first kappa shape index (κ1) is 18.4. The highest BCUT2D eigenvalue weighted by molar-refractivity contribution is 6.02. The maximum atomic E-state index is 11.9. The summed E-state index contributed by atoms with van der Waals surface area (Å²) in [5.41, 5.74) is -1.71. The number of hydrogen-bond acceptors (Lipinski definition) is 6. The van der Waals surface area contributed by atoms with Crippen molar-refractivity contribution in [1.29, 1.82) is 0 Å². The Hall–Kier alpha value is -2.67. The standard InChI is InChI=1S/C16H18O7/c1-3-13(17)22-9-8-16(2,21)10-23-15(20)12-7-5-4-6-11(12)14(18)19/h3-7,21H,1,8-10H2,2H3,(H,18,19). The van der Waals surface area contributed by atoms with Gasteiger partial charge in [0.1, 0.15) is 6.61 Å². The van der Waals surface area contributed by atoms with Crippen molar-refractivity contribution in [3.8, 4) is 0 Å². The average molecular weight is 322 g/mol. The molecular formula is C16H18O7. The van der Waals surface area contributed by atoms with Crippen LogP contribution in [0.1, 0.15) is 34.1 Å². The Morgan fingerprint density at radius 1 is 1.22 bits per heavy atom. The second-order valence-electron chi connectivity index (χ2n) is 5.05. The van der Waals surface area contributed by atoms with Crippen molar-refractivity contribution in [3.63, 3.8) is 0 Å². The third kappa shape index (κ3) is 5.91. The smallest absolute Gasteiger partial charge is 0.339 e. The summed E-state index contributed by atoms with van der Waals surface area (Å²) in [5, 5.41) is 19.1. The summed E-state index contributed by atoms with van der Waals surface area (Å²) in [5.74, 6) is -2.72. The molecule has 0 aliphatic rings. The predicted molar refractivity (Wildman–Crippen MR) is 80.1 cm³/mol. The van der Waals surface area contributed by atoms with Gasteiger partial charge in [-0.25, -0.2) is 14.4 Å². The van der Waals surface area contributed by atoms with Gasteiger partial charge in [0.2, 0.25) is 0 Å². The molecule has 0 saturated carbocycles. The molecule has 7 nitrogen and oxygen atoms in total. The van der Waals surface area contributed by atoms with Crippen LogP contribution in [0.25, 0.3) is 0 Å². The molecule has 1 rings (SSSR count). The Balaban J connectivity index is 2.60. The lowest BCUT2D eigenvalue weighted by atomic mass is 10.0. The third-order valence-electron chi connectivity index (χ3n) is 2.94. The lowest BCUT2D eigenvalue weighted by molar-refractivity contribution is -0.139. The first-order valence-corrected chi connectivity index (χ1v) is 6.78. The van der Waals surface area contributed by atoms with E-state index in [4.69, 9.17) is 14.6 Å². The van der Waals surface area contributed by atoms with Crippen LogP contribution in [0.2, 0.25) is 0 Å². The molecule has 0 aliphatic carbocycles. The van der Waals surface area contributed by atoms with E-state index in [1.807, 2.05) is 0 Å². The van der Waals surface area contributed by atoms with Crippen LogP contribution in [0.5, 0.6) is 0 Å². The number of rotatable bonds is 8. The van der Waals surface area contributed by atoms with Gasteiger partial charge in [0, 0.05) is 12.5 Å². The van der Waals surface area contributed by atoms with Crippen molar-refractivity contribution < 1.29 is 34.1 Å². The summed E-state index contributed by atoms with van der Waals surface area (Å²) >= 11 is 0. The molecule has 0 fully saturated rings. The molecule has 0 aliphatic heterocycles. The molecular weight excluding hydrogens is 304 g/mol. The van der Waals surface area contributed by atoms with Crippen molar-refractivity contribution in [2.75, 3.05) is 13.2 Å². The zero-order chi connectivity index (χ0) is 17.5. The third-order valence-corrected chi connectivity index (χ3v) is 2.94. The van der Waals surface area contributed by atoms with Crippen molar-refractivity contribution >= 4 is 17.9 Å². The number of aromatic carboxylic acids is 1. The fourth-order valence-electron chi connectivity index (χ4n) is 1.65. The van der Waals surface area contributed by atoms with Crippen molar-refractivity contribution in [1.82, 2.24) is 0 Å². The largest absolute Gasteiger partial charge is 0.478 e. The van der Waals surface area contributed by atoms with Gasteiger partial charge >= 0.3 is 17.9 Å². The van der Waals surface area contributed by atoms with Crippen LogP contribution < -0.4 is 0 Å². The van der Waals surface area contributed by atoms with Crippen molar-refractivity contribution in [2.45, 2.75) is 18.9 Å². The second kappa shape index (κ2) is 8.09. The van der Waals surface area contributed by atoms with Crippen LogP contribution in [0.4, 0.5) is 0 Å². The van der Waals surface area contributed by atoms with E-state index in [0.717, 1.165) is 6.08 Å². The van der Waals surface area contributed by atoms with Crippen LogP contribution in [-0.2, 0) is 14.3 Å². The molecule has 23 heavy (non-hydrogen) atoms. The Morgan fingerprint density at radius 3 is 2.39 bits per heavy atom.